The largest absolute Gasteiger partial charge is 0.462 e. The van der Waals surface area contributed by atoms with Gasteiger partial charge in [-0.25, -0.2) is 0 Å². The third-order valence-corrected chi connectivity index (χ3v) is 10.8. The van der Waals surface area contributed by atoms with E-state index < -0.39 is 6.10 Å². The van der Waals surface area contributed by atoms with Gasteiger partial charge in [-0.2, -0.15) is 0 Å². The van der Waals surface area contributed by atoms with E-state index in [0.29, 0.717) is 19.3 Å². The SMILES string of the molecule is CCCCCCCCCCCCCCCC(=O)OC[C@H](COC(=O)CCCCCCCCCCCCCC(C)C)OC(=O)CCCCCCCCCCC. The Bertz CT molecular complexity index is 811. The van der Waals surface area contributed by atoms with Crippen molar-refractivity contribution in [2.75, 3.05) is 13.2 Å². The molecule has 0 spiro atoms. The van der Waals surface area contributed by atoms with Crippen LogP contribution in [0.15, 0.2) is 0 Å². The lowest BCUT2D eigenvalue weighted by Gasteiger charge is -2.18. The van der Waals surface area contributed by atoms with E-state index in [1.807, 2.05) is 0 Å². The summed E-state index contributed by atoms with van der Waals surface area (Å²) < 4.78 is 16.7. The van der Waals surface area contributed by atoms with Gasteiger partial charge in [0.2, 0.25) is 0 Å². The van der Waals surface area contributed by atoms with Gasteiger partial charge in [-0.3, -0.25) is 14.4 Å². The first-order valence-corrected chi connectivity index (χ1v) is 23.9. The number of ether oxygens (including phenoxy) is 3. The second-order valence-electron chi connectivity index (χ2n) is 16.9. The summed E-state index contributed by atoms with van der Waals surface area (Å²) in [7, 11) is 0. The van der Waals surface area contributed by atoms with Crippen LogP contribution in [0.1, 0.15) is 265 Å². The minimum absolute atomic E-state index is 0.0635. The molecule has 0 aliphatic heterocycles. The Morgan fingerprint density at radius 1 is 0.352 bits per heavy atom. The van der Waals surface area contributed by atoms with Gasteiger partial charge >= 0.3 is 17.9 Å². The van der Waals surface area contributed by atoms with E-state index >= 15 is 0 Å². The number of carbonyl (C=O) groups excluding carboxylic acids is 3. The average molecular weight is 765 g/mol. The molecule has 0 aliphatic carbocycles. The Morgan fingerprint density at radius 2 is 0.611 bits per heavy atom. The monoisotopic (exact) mass is 765 g/mol. The van der Waals surface area contributed by atoms with Crippen LogP contribution in [0.25, 0.3) is 0 Å². The van der Waals surface area contributed by atoms with Crippen molar-refractivity contribution in [3.8, 4) is 0 Å². The van der Waals surface area contributed by atoms with Crippen LogP contribution in [0.4, 0.5) is 0 Å². The molecule has 0 N–H and O–H groups in total. The number of hydrogen-bond donors (Lipinski definition) is 0. The fourth-order valence-corrected chi connectivity index (χ4v) is 7.16. The Hall–Kier alpha value is -1.59. The zero-order valence-corrected chi connectivity index (χ0v) is 36.7. The van der Waals surface area contributed by atoms with Crippen LogP contribution < -0.4 is 0 Å². The summed E-state index contributed by atoms with van der Waals surface area (Å²) in [6, 6.07) is 0. The molecular formula is C48H92O6. The van der Waals surface area contributed by atoms with E-state index in [1.54, 1.807) is 0 Å². The third-order valence-electron chi connectivity index (χ3n) is 10.8. The highest BCUT2D eigenvalue weighted by Crippen LogP contribution is 2.16. The van der Waals surface area contributed by atoms with Gasteiger partial charge in [0.15, 0.2) is 6.10 Å². The van der Waals surface area contributed by atoms with Gasteiger partial charge in [-0.1, -0.05) is 227 Å². The molecule has 0 aromatic heterocycles. The van der Waals surface area contributed by atoms with Crippen molar-refractivity contribution in [2.45, 2.75) is 271 Å². The Labute approximate surface area is 336 Å². The first kappa shape index (κ1) is 52.4. The Morgan fingerprint density at radius 3 is 0.907 bits per heavy atom. The van der Waals surface area contributed by atoms with E-state index in [9.17, 15) is 14.4 Å². The molecule has 6 heteroatoms. The number of rotatable bonds is 43. The predicted octanol–water partition coefficient (Wildman–Crippen LogP) is 15.1. The van der Waals surface area contributed by atoms with Gasteiger partial charge < -0.3 is 14.2 Å². The third kappa shape index (κ3) is 41.6. The maximum atomic E-state index is 12.7. The van der Waals surface area contributed by atoms with Gasteiger partial charge in [0.1, 0.15) is 13.2 Å². The quantitative estimate of drug-likeness (QED) is 0.0349. The van der Waals surface area contributed by atoms with Gasteiger partial charge in [0.25, 0.3) is 0 Å². The van der Waals surface area contributed by atoms with E-state index in [4.69, 9.17) is 14.2 Å². The van der Waals surface area contributed by atoms with Gasteiger partial charge in [-0.05, 0) is 25.2 Å². The summed E-state index contributed by atoms with van der Waals surface area (Å²) in [6.45, 7) is 8.98. The number of unbranched alkanes of at least 4 members (excludes halogenated alkanes) is 30. The highest BCUT2D eigenvalue weighted by molar-refractivity contribution is 5.71. The Kier molecular flexibility index (Phi) is 41.3. The lowest BCUT2D eigenvalue weighted by molar-refractivity contribution is -0.167. The molecule has 0 amide bonds. The molecular weight excluding hydrogens is 673 g/mol. The Balaban J connectivity index is 4.28. The molecule has 0 unspecified atom stereocenters. The lowest BCUT2D eigenvalue weighted by atomic mass is 10.0. The zero-order valence-electron chi connectivity index (χ0n) is 36.7. The van der Waals surface area contributed by atoms with Crippen LogP contribution in [0.2, 0.25) is 0 Å². The fraction of sp³-hybridized carbons (Fsp3) is 0.938. The zero-order chi connectivity index (χ0) is 39.6. The van der Waals surface area contributed by atoms with Crippen molar-refractivity contribution >= 4 is 17.9 Å². The van der Waals surface area contributed by atoms with E-state index in [-0.39, 0.29) is 31.1 Å². The second kappa shape index (κ2) is 42.6. The van der Waals surface area contributed by atoms with Gasteiger partial charge in [-0.15, -0.1) is 0 Å². The average Bonchev–Trinajstić information content (AvgIpc) is 3.15. The van der Waals surface area contributed by atoms with Gasteiger partial charge in [0, 0.05) is 19.3 Å². The molecule has 320 valence electrons. The number of hydrogen-bond acceptors (Lipinski definition) is 6. The molecule has 0 bridgehead atoms. The summed E-state index contributed by atoms with van der Waals surface area (Å²) in [6.07, 6.45) is 42.3. The topological polar surface area (TPSA) is 78.9 Å². The van der Waals surface area contributed by atoms with Crippen LogP contribution >= 0.6 is 0 Å². The van der Waals surface area contributed by atoms with E-state index in [2.05, 4.69) is 27.7 Å². The molecule has 0 saturated heterocycles. The van der Waals surface area contributed by atoms with E-state index in [0.717, 1.165) is 63.7 Å². The molecule has 0 heterocycles. The van der Waals surface area contributed by atoms with Crippen molar-refractivity contribution < 1.29 is 28.6 Å². The first-order chi connectivity index (χ1) is 26.4. The standard InChI is InChI=1S/C48H92O6/c1-5-7-9-11-13-15-16-17-20-24-27-31-35-39-46(49)52-42-45(54-48(51)41-37-33-29-22-14-12-10-8-6-2)43-53-47(50)40-36-32-28-25-21-18-19-23-26-30-34-38-44(3)4/h44-45H,5-43H2,1-4H3/t45-/m1/s1. The van der Waals surface area contributed by atoms with E-state index in [1.165, 1.54) is 161 Å². The van der Waals surface area contributed by atoms with Crippen molar-refractivity contribution in [1.82, 2.24) is 0 Å². The van der Waals surface area contributed by atoms with Crippen molar-refractivity contribution in [1.29, 1.82) is 0 Å². The molecule has 54 heavy (non-hydrogen) atoms. The molecule has 0 aromatic carbocycles. The summed E-state index contributed by atoms with van der Waals surface area (Å²) >= 11 is 0. The summed E-state index contributed by atoms with van der Waals surface area (Å²) in [5, 5.41) is 0. The predicted molar refractivity (Wildman–Crippen MR) is 229 cm³/mol. The molecule has 0 fully saturated rings. The molecule has 6 nitrogen and oxygen atoms in total. The number of esters is 3. The molecule has 0 rings (SSSR count). The lowest BCUT2D eigenvalue weighted by Crippen LogP contribution is -2.30. The van der Waals surface area contributed by atoms with Crippen molar-refractivity contribution in [2.24, 2.45) is 5.92 Å². The maximum Gasteiger partial charge on any atom is 0.306 e. The first-order valence-electron chi connectivity index (χ1n) is 23.9. The number of carbonyl (C=O) groups is 3. The van der Waals surface area contributed by atoms with Crippen LogP contribution in [0.3, 0.4) is 0 Å². The van der Waals surface area contributed by atoms with Crippen molar-refractivity contribution in [3.05, 3.63) is 0 Å². The summed E-state index contributed by atoms with van der Waals surface area (Å²) in [4.78, 5) is 37.7. The molecule has 0 saturated carbocycles. The van der Waals surface area contributed by atoms with Crippen LogP contribution in [-0.2, 0) is 28.6 Å². The van der Waals surface area contributed by atoms with Crippen LogP contribution in [0, 0.1) is 5.92 Å². The summed E-state index contributed by atoms with van der Waals surface area (Å²) in [5.74, 6) is -0.0260. The fourth-order valence-electron chi connectivity index (χ4n) is 7.16. The molecule has 0 aliphatic rings. The van der Waals surface area contributed by atoms with Crippen LogP contribution in [0.5, 0.6) is 0 Å². The van der Waals surface area contributed by atoms with Crippen molar-refractivity contribution in [3.63, 3.8) is 0 Å². The summed E-state index contributed by atoms with van der Waals surface area (Å²) in [5.41, 5.74) is 0. The molecule has 0 radical (unpaired) electrons. The minimum atomic E-state index is -0.759. The minimum Gasteiger partial charge on any atom is -0.462 e. The second-order valence-corrected chi connectivity index (χ2v) is 16.9. The highest BCUT2D eigenvalue weighted by Gasteiger charge is 2.19. The maximum absolute atomic E-state index is 12.7. The molecule has 0 aromatic rings. The normalized spacial score (nSPS) is 11.9. The highest BCUT2D eigenvalue weighted by atomic mass is 16.6. The molecule has 1 atom stereocenters. The smallest absolute Gasteiger partial charge is 0.306 e. The van der Waals surface area contributed by atoms with Crippen LogP contribution in [-0.4, -0.2) is 37.2 Å². The van der Waals surface area contributed by atoms with Gasteiger partial charge in [0.05, 0.1) is 0 Å².